The highest BCUT2D eigenvalue weighted by atomic mass is 16.5. The molecule has 1 aromatic carbocycles. The lowest BCUT2D eigenvalue weighted by Crippen LogP contribution is -2.36. The number of ether oxygens (including phenoxy) is 2. The Morgan fingerprint density at radius 1 is 1.35 bits per heavy atom. The molecule has 0 radical (unpaired) electrons. The van der Waals surface area contributed by atoms with Gasteiger partial charge in [0.2, 0.25) is 0 Å². The van der Waals surface area contributed by atoms with Crippen molar-refractivity contribution in [1.82, 2.24) is 5.32 Å². The Hall–Kier alpha value is -1.75. The number of aliphatic hydroxyl groups is 1. The number of amides is 1. The van der Waals surface area contributed by atoms with E-state index < -0.39 is 12.2 Å². The lowest BCUT2D eigenvalue weighted by molar-refractivity contribution is -0.127. The fourth-order valence-corrected chi connectivity index (χ4v) is 2.22. The third-order valence-corrected chi connectivity index (χ3v) is 3.42. The molecular weight excluding hydrogens is 258 g/mol. The summed E-state index contributed by atoms with van der Waals surface area (Å²) >= 11 is 0. The van der Waals surface area contributed by atoms with Gasteiger partial charge in [0, 0.05) is 6.54 Å². The first-order valence-corrected chi connectivity index (χ1v) is 6.92. The summed E-state index contributed by atoms with van der Waals surface area (Å²) in [6.07, 6.45) is 1.58. The smallest absolute Gasteiger partial charge is 0.261 e. The van der Waals surface area contributed by atoms with E-state index in [1.165, 1.54) is 0 Å². The number of methoxy groups -OCH3 is 1. The van der Waals surface area contributed by atoms with Gasteiger partial charge in [-0.25, -0.2) is 0 Å². The molecule has 1 amide bonds. The standard InChI is InChI=1S/C15H21NO4/c1-10(17)11-6-7-12(14(9-11)19-2)20-13-5-3-4-8-16-15(13)18/h6-7,9-10,13,17H,3-5,8H2,1-2H3,(H,16,18). The molecule has 1 aliphatic heterocycles. The second-order valence-corrected chi connectivity index (χ2v) is 4.98. The van der Waals surface area contributed by atoms with E-state index in [-0.39, 0.29) is 5.91 Å². The van der Waals surface area contributed by atoms with Crippen LogP contribution in [-0.4, -0.2) is 30.8 Å². The molecular formula is C15H21NO4. The predicted octanol–water partition coefficient (Wildman–Crippen LogP) is 1.80. The van der Waals surface area contributed by atoms with Gasteiger partial charge in [-0.05, 0) is 43.9 Å². The molecule has 2 atom stereocenters. The number of nitrogens with one attached hydrogen (secondary N) is 1. The van der Waals surface area contributed by atoms with Crippen molar-refractivity contribution < 1.29 is 19.4 Å². The normalized spacial score (nSPS) is 20.8. The quantitative estimate of drug-likeness (QED) is 0.882. The Morgan fingerprint density at radius 3 is 2.85 bits per heavy atom. The number of hydrogen-bond acceptors (Lipinski definition) is 4. The Labute approximate surface area is 118 Å². The van der Waals surface area contributed by atoms with E-state index in [4.69, 9.17) is 9.47 Å². The summed E-state index contributed by atoms with van der Waals surface area (Å²) in [5, 5.41) is 12.4. The minimum atomic E-state index is -0.570. The summed E-state index contributed by atoms with van der Waals surface area (Å²) in [7, 11) is 1.54. The van der Waals surface area contributed by atoms with Crippen LogP contribution >= 0.6 is 0 Å². The Bertz CT molecular complexity index is 473. The maximum Gasteiger partial charge on any atom is 0.261 e. The maximum absolute atomic E-state index is 11.9. The van der Waals surface area contributed by atoms with Crippen molar-refractivity contribution in [2.45, 2.75) is 38.4 Å². The average Bonchev–Trinajstić information content (AvgIpc) is 2.64. The van der Waals surface area contributed by atoms with Crippen LogP contribution < -0.4 is 14.8 Å². The van der Waals surface area contributed by atoms with Gasteiger partial charge in [0.15, 0.2) is 17.6 Å². The van der Waals surface area contributed by atoms with Gasteiger partial charge in [0.1, 0.15) is 0 Å². The van der Waals surface area contributed by atoms with Crippen molar-refractivity contribution >= 4 is 5.91 Å². The molecule has 0 bridgehead atoms. The van der Waals surface area contributed by atoms with Crippen molar-refractivity contribution in [3.63, 3.8) is 0 Å². The summed E-state index contributed by atoms with van der Waals surface area (Å²) in [4.78, 5) is 11.9. The van der Waals surface area contributed by atoms with Crippen molar-refractivity contribution in [2.24, 2.45) is 0 Å². The minimum absolute atomic E-state index is 0.0795. The molecule has 1 heterocycles. The van der Waals surface area contributed by atoms with E-state index in [0.29, 0.717) is 24.5 Å². The molecule has 0 saturated carbocycles. The Balaban J connectivity index is 2.17. The molecule has 2 unspecified atom stereocenters. The molecule has 0 spiro atoms. The van der Waals surface area contributed by atoms with Crippen molar-refractivity contribution in [3.8, 4) is 11.5 Å². The number of hydrogen-bond donors (Lipinski definition) is 2. The van der Waals surface area contributed by atoms with E-state index in [0.717, 1.165) is 18.4 Å². The number of carbonyl (C=O) groups excluding carboxylic acids is 1. The van der Waals surface area contributed by atoms with Crippen molar-refractivity contribution in [3.05, 3.63) is 23.8 Å². The summed E-state index contributed by atoms with van der Waals surface area (Å²) in [5.74, 6) is 0.976. The zero-order chi connectivity index (χ0) is 14.5. The van der Waals surface area contributed by atoms with E-state index in [2.05, 4.69) is 5.32 Å². The molecule has 5 nitrogen and oxygen atoms in total. The molecule has 5 heteroatoms. The Morgan fingerprint density at radius 2 is 2.15 bits per heavy atom. The van der Waals surface area contributed by atoms with E-state index in [1.54, 1.807) is 32.2 Å². The van der Waals surface area contributed by atoms with Gasteiger partial charge < -0.3 is 19.9 Å². The van der Waals surface area contributed by atoms with Crippen LogP contribution in [-0.2, 0) is 4.79 Å². The lowest BCUT2D eigenvalue weighted by atomic mass is 10.1. The van der Waals surface area contributed by atoms with E-state index in [1.807, 2.05) is 0 Å². The summed E-state index contributed by atoms with van der Waals surface area (Å²) in [6, 6.07) is 5.24. The minimum Gasteiger partial charge on any atom is -0.493 e. The van der Waals surface area contributed by atoms with Crippen LogP contribution in [0.1, 0.15) is 37.9 Å². The van der Waals surface area contributed by atoms with Gasteiger partial charge in [-0.1, -0.05) is 6.07 Å². The number of benzene rings is 1. The summed E-state index contributed by atoms with van der Waals surface area (Å²) in [5.41, 5.74) is 0.750. The van der Waals surface area contributed by atoms with Crippen LogP contribution in [0.25, 0.3) is 0 Å². The van der Waals surface area contributed by atoms with Crippen molar-refractivity contribution in [1.29, 1.82) is 0 Å². The zero-order valence-corrected chi connectivity index (χ0v) is 11.9. The molecule has 1 aromatic rings. The highest BCUT2D eigenvalue weighted by molar-refractivity contribution is 5.81. The Kier molecular flexibility index (Phi) is 4.84. The third kappa shape index (κ3) is 3.42. The highest BCUT2D eigenvalue weighted by Gasteiger charge is 2.23. The van der Waals surface area contributed by atoms with E-state index in [9.17, 15) is 9.90 Å². The molecule has 1 fully saturated rings. The molecule has 110 valence electrons. The molecule has 0 aromatic heterocycles. The first-order valence-electron chi connectivity index (χ1n) is 6.92. The topological polar surface area (TPSA) is 67.8 Å². The fourth-order valence-electron chi connectivity index (χ4n) is 2.22. The lowest BCUT2D eigenvalue weighted by Gasteiger charge is -2.18. The second-order valence-electron chi connectivity index (χ2n) is 4.98. The van der Waals surface area contributed by atoms with Crippen molar-refractivity contribution in [2.75, 3.05) is 13.7 Å². The molecule has 1 saturated heterocycles. The SMILES string of the molecule is COc1cc(C(C)O)ccc1OC1CCCCNC1=O. The monoisotopic (exact) mass is 279 g/mol. The average molecular weight is 279 g/mol. The van der Waals surface area contributed by atoms with Crippen LogP contribution in [0.4, 0.5) is 0 Å². The second kappa shape index (κ2) is 6.61. The summed E-state index contributed by atoms with van der Waals surface area (Å²) < 4.78 is 11.1. The number of rotatable bonds is 4. The van der Waals surface area contributed by atoms with Gasteiger partial charge in [0.25, 0.3) is 5.91 Å². The molecule has 20 heavy (non-hydrogen) atoms. The molecule has 1 aliphatic rings. The number of carbonyl (C=O) groups is 1. The van der Waals surface area contributed by atoms with Crippen LogP contribution in [0, 0.1) is 0 Å². The third-order valence-electron chi connectivity index (χ3n) is 3.42. The van der Waals surface area contributed by atoms with Crippen LogP contribution in [0.2, 0.25) is 0 Å². The first kappa shape index (κ1) is 14.7. The van der Waals surface area contributed by atoms with Gasteiger partial charge >= 0.3 is 0 Å². The number of aliphatic hydroxyl groups excluding tert-OH is 1. The van der Waals surface area contributed by atoms with Crippen LogP contribution in [0.15, 0.2) is 18.2 Å². The van der Waals surface area contributed by atoms with Crippen LogP contribution in [0.5, 0.6) is 11.5 Å². The fraction of sp³-hybridized carbons (Fsp3) is 0.533. The van der Waals surface area contributed by atoms with Gasteiger partial charge in [-0.2, -0.15) is 0 Å². The largest absolute Gasteiger partial charge is 0.493 e. The zero-order valence-electron chi connectivity index (χ0n) is 11.9. The highest BCUT2D eigenvalue weighted by Crippen LogP contribution is 2.31. The van der Waals surface area contributed by atoms with Crippen LogP contribution in [0.3, 0.4) is 0 Å². The summed E-state index contributed by atoms with van der Waals surface area (Å²) in [6.45, 7) is 2.39. The predicted molar refractivity (Wildman–Crippen MR) is 74.9 cm³/mol. The van der Waals surface area contributed by atoms with Gasteiger partial charge in [-0.15, -0.1) is 0 Å². The van der Waals surface area contributed by atoms with E-state index >= 15 is 0 Å². The maximum atomic E-state index is 11.9. The molecule has 2 rings (SSSR count). The first-order chi connectivity index (χ1) is 9.61. The van der Waals surface area contributed by atoms with Gasteiger partial charge in [0.05, 0.1) is 13.2 Å². The van der Waals surface area contributed by atoms with Gasteiger partial charge in [-0.3, -0.25) is 4.79 Å². The molecule has 2 N–H and O–H groups in total. The molecule has 0 aliphatic carbocycles.